The van der Waals surface area contributed by atoms with Crippen molar-refractivity contribution in [1.29, 1.82) is 0 Å². The number of esters is 1. The van der Waals surface area contributed by atoms with Gasteiger partial charge in [-0.05, 0) is 20.3 Å². The number of hydrogen-bond acceptors (Lipinski definition) is 5. The number of anilines is 1. The average molecular weight is 310 g/mol. The number of aryl methyl sites for hydroxylation is 1. The first-order valence-corrected chi connectivity index (χ1v) is 7.14. The zero-order valence-electron chi connectivity index (χ0n) is 13.4. The fourth-order valence-electron chi connectivity index (χ4n) is 2.37. The van der Waals surface area contributed by atoms with E-state index in [2.05, 4.69) is 15.2 Å². The second kappa shape index (κ2) is 6.35. The van der Waals surface area contributed by atoms with E-state index in [1.165, 1.54) is 17.9 Å². The molecular weight excluding hydrogens is 288 g/mol. The molecule has 2 amide bonds. The number of carbonyl (C=O) groups is 2. The van der Waals surface area contributed by atoms with E-state index in [0.29, 0.717) is 25.5 Å². The van der Waals surface area contributed by atoms with Crippen molar-refractivity contribution >= 4 is 17.8 Å². The van der Waals surface area contributed by atoms with E-state index >= 15 is 0 Å². The highest BCUT2D eigenvalue weighted by atomic mass is 16.5. The summed E-state index contributed by atoms with van der Waals surface area (Å²) < 4.78 is 11.7. The minimum Gasteiger partial charge on any atom is -0.464 e. The van der Waals surface area contributed by atoms with Crippen LogP contribution in [0.3, 0.4) is 0 Å². The van der Waals surface area contributed by atoms with E-state index in [0.717, 1.165) is 6.42 Å². The van der Waals surface area contributed by atoms with Gasteiger partial charge < -0.3 is 14.4 Å². The average Bonchev–Trinajstić information content (AvgIpc) is 2.70. The molecule has 122 valence electrons. The summed E-state index contributed by atoms with van der Waals surface area (Å²) in [5.74, 6) is -0.185. The van der Waals surface area contributed by atoms with Gasteiger partial charge in [-0.15, -0.1) is 0 Å². The van der Waals surface area contributed by atoms with E-state index in [-0.39, 0.29) is 17.3 Å². The normalized spacial score (nSPS) is 17.7. The van der Waals surface area contributed by atoms with Crippen LogP contribution in [0.2, 0.25) is 0 Å². The van der Waals surface area contributed by atoms with Gasteiger partial charge in [0.1, 0.15) is 5.69 Å². The Kier molecular flexibility index (Phi) is 4.70. The standard InChI is InChI=1S/C14H22N4O4/c1-14(2)9-18(6-5-7-22-14)13(20)15-11-8-10(12(19)21-4)17(3)16-11/h8H,5-7,9H2,1-4H3,(H,15,16,20). The van der Waals surface area contributed by atoms with Crippen molar-refractivity contribution in [2.45, 2.75) is 25.9 Å². The molecule has 0 saturated carbocycles. The molecule has 1 N–H and O–H groups in total. The lowest BCUT2D eigenvalue weighted by Crippen LogP contribution is -2.43. The van der Waals surface area contributed by atoms with Crippen molar-refractivity contribution in [2.75, 3.05) is 32.1 Å². The Morgan fingerprint density at radius 2 is 2.18 bits per heavy atom. The molecule has 0 spiro atoms. The molecule has 1 fully saturated rings. The van der Waals surface area contributed by atoms with Crippen molar-refractivity contribution in [1.82, 2.24) is 14.7 Å². The first-order valence-electron chi connectivity index (χ1n) is 7.14. The van der Waals surface area contributed by atoms with Crippen molar-refractivity contribution in [2.24, 2.45) is 7.05 Å². The predicted molar refractivity (Wildman–Crippen MR) is 79.8 cm³/mol. The quantitative estimate of drug-likeness (QED) is 0.831. The molecule has 1 aliphatic rings. The fourth-order valence-corrected chi connectivity index (χ4v) is 2.37. The lowest BCUT2D eigenvalue weighted by molar-refractivity contribution is -0.0127. The Labute approximate surface area is 129 Å². The van der Waals surface area contributed by atoms with E-state index in [9.17, 15) is 9.59 Å². The number of rotatable bonds is 2. The largest absolute Gasteiger partial charge is 0.464 e. The maximum atomic E-state index is 12.4. The van der Waals surface area contributed by atoms with Crippen LogP contribution in [0.5, 0.6) is 0 Å². The molecule has 0 radical (unpaired) electrons. The molecule has 1 saturated heterocycles. The van der Waals surface area contributed by atoms with Crippen LogP contribution in [0.25, 0.3) is 0 Å². The number of carbonyl (C=O) groups excluding carboxylic acids is 2. The lowest BCUT2D eigenvalue weighted by atomic mass is 10.1. The van der Waals surface area contributed by atoms with Crippen molar-refractivity contribution in [3.8, 4) is 0 Å². The molecule has 22 heavy (non-hydrogen) atoms. The Bertz CT molecular complexity index is 567. The van der Waals surface area contributed by atoms with Crippen LogP contribution >= 0.6 is 0 Å². The SMILES string of the molecule is COC(=O)c1cc(NC(=O)N2CCCOC(C)(C)C2)nn1C. The van der Waals surface area contributed by atoms with E-state index in [1.807, 2.05) is 13.8 Å². The van der Waals surface area contributed by atoms with Crippen molar-refractivity contribution < 1.29 is 19.1 Å². The third-order valence-electron chi connectivity index (χ3n) is 3.43. The molecular formula is C14H22N4O4. The van der Waals surface area contributed by atoms with Gasteiger partial charge in [-0.3, -0.25) is 10.00 Å². The maximum Gasteiger partial charge on any atom is 0.356 e. The summed E-state index contributed by atoms with van der Waals surface area (Å²) in [6.45, 7) is 5.65. The summed E-state index contributed by atoms with van der Waals surface area (Å²) in [5, 5.41) is 6.81. The molecule has 1 aromatic rings. The van der Waals surface area contributed by atoms with Gasteiger partial charge in [-0.25, -0.2) is 9.59 Å². The van der Waals surface area contributed by atoms with E-state index in [1.54, 1.807) is 11.9 Å². The molecule has 0 atom stereocenters. The lowest BCUT2D eigenvalue weighted by Gasteiger charge is -2.28. The highest BCUT2D eigenvalue weighted by molar-refractivity contribution is 5.92. The van der Waals surface area contributed by atoms with Gasteiger partial charge in [0.15, 0.2) is 5.82 Å². The molecule has 8 nitrogen and oxygen atoms in total. The number of methoxy groups -OCH3 is 1. The highest BCUT2D eigenvalue weighted by Gasteiger charge is 2.28. The summed E-state index contributed by atoms with van der Waals surface area (Å²) >= 11 is 0. The second-order valence-corrected chi connectivity index (χ2v) is 5.84. The van der Waals surface area contributed by atoms with Crippen LogP contribution in [-0.2, 0) is 16.5 Å². The molecule has 0 bridgehead atoms. The van der Waals surface area contributed by atoms with E-state index < -0.39 is 5.97 Å². The van der Waals surface area contributed by atoms with Gasteiger partial charge in [0.2, 0.25) is 0 Å². The Balaban J connectivity index is 2.07. The zero-order chi connectivity index (χ0) is 16.3. The summed E-state index contributed by atoms with van der Waals surface area (Å²) in [4.78, 5) is 25.6. The van der Waals surface area contributed by atoms with Gasteiger partial charge in [0, 0.05) is 26.3 Å². The molecule has 2 rings (SSSR count). The monoisotopic (exact) mass is 310 g/mol. The van der Waals surface area contributed by atoms with Crippen LogP contribution in [0.15, 0.2) is 6.07 Å². The summed E-state index contributed by atoms with van der Waals surface area (Å²) in [6, 6.07) is 1.23. The first-order chi connectivity index (χ1) is 10.3. The molecule has 1 aromatic heterocycles. The minimum atomic E-state index is -0.500. The van der Waals surface area contributed by atoms with Crippen LogP contribution in [0.4, 0.5) is 10.6 Å². The number of hydrogen-bond donors (Lipinski definition) is 1. The first kappa shape index (κ1) is 16.3. The number of ether oxygens (including phenoxy) is 2. The number of amides is 2. The number of nitrogens with one attached hydrogen (secondary N) is 1. The highest BCUT2D eigenvalue weighted by Crippen LogP contribution is 2.17. The molecule has 0 unspecified atom stereocenters. The molecule has 0 aliphatic carbocycles. The molecule has 2 heterocycles. The Hall–Kier alpha value is -2.09. The predicted octanol–water partition coefficient (Wildman–Crippen LogP) is 1.24. The zero-order valence-corrected chi connectivity index (χ0v) is 13.4. The molecule has 1 aliphatic heterocycles. The number of nitrogens with zero attached hydrogens (tertiary/aromatic N) is 3. The number of aromatic nitrogens is 2. The molecule has 8 heteroatoms. The summed E-state index contributed by atoms with van der Waals surface area (Å²) in [6.07, 6.45) is 0.784. The Morgan fingerprint density at radius 1 is 1.45 bits per heavy atom. The third-order valence-corrected chi connectivity index (χ3v) is 3.43. The fraction of sp³-hybridized carbons (Fsp3) is 0.643. The van der Waals surface area contributed by atoms with Gasteiger partial charge in [-0.1, -0.05) is 0 Å². The minimum absolute atomic E-state index is 0.256. The topological polar surface area (TPSA) is 85.7 Å². The van der Waals surface area contributed by atoms with Crippen molar-refractivity contribution in [3.05, 3.63) is 11.8 Å². The maximum absolute atomic E-state index is 12.4. The molecule has 0 aromatic carbocycles. The summed E-state index contributed by atoms with van der Waals surface area (Å²) in [5.41, 5.74) is -0.105. The number of urea groups is 1. The van der Waals surface area contributed by atoms with Gasteiger partial charge in [-0.2, -0.15) is 5.10 Å². The van der Waals surface area contributed by atoms with Crippen LogP contribution in [-0.4, -0.2) is 59.1 Å². The summed E-state index contributed by atoms with van der Waals surface area (Å²) in [7, 11) is 2.91. The van der Waals surface area contributed by atoms with E-state index in [4.69, 9.17) is 4.74 Å². The van der Waals surface area contributed by atoms with Gasteiger partial charge in [0.05, 0.1) is 19.3 Å². The van der Waals surface area contributed by atoms with Crippen LogP contribution in [0, 0.1) is 0 Å². The van der Waals surface area contributed by atoms with Crippen molar-refractivity contribution in [3.63, 3.8) is 0 Å². The van der Waals surface area contributed by atoms with Gasteiger partial charge >= 0.3 is 12.0 Å². The Morgan fingerprint density at radius 3 is 2.86 bits per heavy atom. The third kappa shape index (κ3) is 3.76. The smallest absolute Gasteiger partial charge is 0.356 e. The second-order valence-electron chi connectivity index (χ2n) is 5.84. The van der Waals surface area contributed by atoms with Gasteiger partial charge in [0.25, 0.3) is 0 Å². The van der Waals surface area contributed by atoms with Crippen LogP contribution in [0.1, 0.15) is 30.8 Å². The van der Waals surface area contributed by atoms with Crippen LogP contribution < -0.4 is 5.32 Å².